The summed E-state index contributed by atoms with van der Waals surface area (Å²) in [6.45, 7) is 1.59. The molecule has 1 aliphatic carbocycles. The first-order valence-corrected chi connectivity index (χ1v) is 8.62. The Hall–Kier alpha value is -1.44. The molecule has 1 aromatic carbocycles. The summed E-state index contributed by atoms with van der Waals surface area (Å²) in [4.78, 5) is 0.00144. The van der Waals surface area contributed by atoms with Gasteiger partial charge in [-0.2, -0.15) is 5.10 Å². The number of nitrogens with zero attached hydrogens (tertiary/aromatic N) is 2. The van der Waals surface area contributed by atoms with Crippen molar-refractivity contribution in [2.45, 2.75) is 30.2 Å². The van der Waals surface area contributed by atoms with Crippen LogP contribution >= 0.6 is 11.6 Å². The highest BCUT2D eigenvalue weighted by Crippen LogP contribution is 2.42. The first kappa shape index (κ1) is 15.5. The Labute approximate surface area is 133 Å². The van der Waals surface area contributed by atoms with Gasteiger partial charge in [0, 0.05) is 19.0 Å². The largest absolute Gasteiger partial charge is 0.255 e. The number of halogens is 2. The van der Waals surface area contributed by atoms with E-state index in [1.54, 1.807) is 26.1 Å². The zero-order valence-corrected chi connectivity index (χ0v) is 13.6. The summed E-state index contributed by atoms with van der Waals surface area (Å²) in [5.41, 5.74) is 1.14. The van der Waals surface area contributed by atoms with E-state index in [0.29, 0.717) is 12.1 Å². The van der Waals surface area contributed by atoms with Crippen LogP contribution in [0.3, 0.4) is 0 Å². The lowest BCUT2D eigenvalue weighted by Crippen LogP contribution is -2.27. The Kier molecular flexibility index (Phi) is 3.74. The molecule has 1 N–H and O–H groups in total. The summed E-state index contributed by atoms with van der Waals surface area (Å²) >= 11 is 6.01. The Morgan fingerprint density at radius 2 is 2.18 bits per heavy atom. The van der Waals surface area contributed by atoms with Gasteiger partial charge >= 0.3 is 0 Å². The van der Waals surface area contributed by atoms with Crippen LogP contribution in [-0.2, 0) is 17.1 Å². The molecule has 0 radical (unpaired) electrons. The van der Waals surface area contributed by atoms with E-state index in [-0.39, 0.29) is 27.8 Å². The molecule has 0 bridgehead atoms. The van der Waals surface area contributed by atoms with Crippen LogP contribution in [-0.4, -0.2) is 24.2 Å². The molecule has 2 unspecified atom stereocenters. The molecule has 2 atom stereocenters. The van der Waals surface area contributed by atoms with Gasteiger partial charge in [-0.3, -0.25) is 4.68 Å². The van der Waals surface area contributed by atoms with Crippen molar-refractivity contribution in [2.24, 2.45) is 7.05 Å². The Morgan fingerprint density at radius 3 is 2.77 bits per heavy atom. The van der Waals surface area contributed by atoms with Gasteiger partial charge in [0.2, 0.25) is 10.0 Å². The molecule has 1 saturated carbocycles. The molecule has 0 saturated heterocycles. The molecule has 22 heavy (non-hydrogen) atoms. The minimum absolute atomic E-state index is 0.00144. The van der Waals surface area contributed by atoms with Crippen LogP contribution in [0.2, 0.25) is 5.15 Å². The fourth-order valence-electron chi connectivity index (χ4n) is 2.60. The maximum Gasteiger partial charge on any atom is 0.245 e. The second kappa shape index (κ2) is 5.33. The molecule has 0 amide bonds. The summed E-state index contributed by atoms with van der Waals surface area (Å²) in [6, 6.07) is 5.97. The van der Waals surface area contributed by atoms with Crippen molar-refractivity contribution in [3.8, 4) is 0 Å². The SMILES string of the molecule is Cc1nn(C)c(Cl)c1S(=O)(=O)NC1CC1c1cccc(F)c1. The summed E-state index contributed by atoms with van der Waals surface area (Å²) < 4.78 is 42.1. The zero-order chi connectivity index (χ0) is 16.1. The molecule has 3 rings (SSSR count). The lowest BCUT2D eigenvalue weighted by atomic mass is 10.1. The highest BCUT2D eigenvalue weighted by atomic mass is 35.5. The maximum absolute atomic E-state index is 13.2. The van der Waals surface area contributed by atoms with Gasteiger partial charge in [-0.1, -0.05) is 23.7 Å². The van der Waals surface area contributed by atoms with Gasteiger partial charge in [0.1, 0.15) is 15.9 Å². The van der Waals surface area contributed by atoms with Crippen molar-refractivity contribution in [2.75, 3.05) is 0 Å². The van der Waals surface area contributed by atoms with Crippen molar-refractivity contribution < 1.29 is 12.8 Å². The van der Waals surface area contributed by atoms with Crippen LogP contribution < -0.4 is 4.72 Å². The van der Waals surface area contributed by atoms with Crippen LogP contribution in [0.15, 0.2) is 29.2 Å². The summed E-state index contributed by atoms with van der Waals surface area (Å²) in [6.07, 6.45) is 0.639. The summed E-state index contributed by atoms with van der Waals surface area (Å²) in [5.74, 6) is -0.335. The van der Waals surface area contributed by atoms with E-state index >= 15 is 0 Å². The standard InChI is InChI=1S/C14H15ClFN3O2S/c1-8-13(14(15)19(2)17-8)22(20,21)18-12-7-11(12)9-4-3-5-10(16)6-9/h3-6,11-12,18H,7H2,1-2H3. The molecule has 1 aliphatic rings. The molecule has 0 spiro atoms. The monoisotopic (exact) mass is 343 g/mol. The molecule has 1 heterocycles. The lowest BCUT2D eigenvalue weighted by molar-refractivity contribution is 0.579. The normalized spacial score (nSPS) is 21.1. The highest BCUT2D eigenvalue weighted by molar-refractivity contribution is 7.89. The van der Waals surface area contributed by atoms with Crippen molar-refractivity contribution in [3.63, 3.8) is 0 Å². The third kappa shape index (κ3) is 2.76. The van der Waals surface area contributed by atoms with Crippen LogP contribution in [0.1, 0.15) is 23.6 Å². The van der Waals surface area contributed by atoms with Gasteiger partial charge in [-0.05, 0) is 31.0 Å². The number of rotatable bonds is 4. The van der Waals surface area contributed by atoms with E-state index in [4.69, 9.17) is 11.6 Å². The molecule has 8 heteroatoms. The van der Waals surface area contributed by atoms with E-state index in [9.17, 15) is 12.8 Å². The van der Waals surface area contributed by atoms with Crippen LogP contribution in [0.25, 0.3) is 0 Å². The van der Waals surface area contributed by atoms with Crippen molar-refractivity contribution >= 4 is 21.6 Å². The minimum atomic E-state index is -3.75. The molecule has 118 valence electrons. The molecule has 5 nitrogen and oxygen atoms in total. The van der Waals surface area contributed by atoms with Crippen molar-refractivity contribution in [1.29, 1.82) is 0 Å². The Balaban J connectivity index is 1.80. The van der Waals surface area contributed by atoms with Crippen molar-refractivity contribution in [1.82, 2.24) is 14.5 Å². The fourth-order valence-corrected chi connectivity index (χ4v) is 4.64. The van der Waals surface area contributed by atoms with E-state index in [2.05, 4.69) is 9.82 Å². The molecule has 1 fully saturated rings. The van der Waals surface area contributed by atoms with E-state index in [1.165, 1.54) is 16.8 Å². The average Bonchev–Trinajstić information content (AvgIpc) is 3.10. The molecular formula is C14H15ClFN3O2S. The fraction of sp³-hybridized carbons (Fsp3) is 0.357. The van der Waals surface area contributed by atoms with Crippen LogP contribution in [0.4, 0.5) is 4.39 Å². The third-order valence-electron chi connectivity index (χ3n) is 3.74. The van der Waals surface area contributed by atoms with E-state index in [1.807, 2.05) is 0 Å². The van der Waals surface area contributed by atoms with Gasteiger partial charge in [0.05, 0.1) is 5.69 Å². The van der Waals surface area contributed by atoms with Crippen LogP contribution in [0.5, 0.6) is 0 Å². The number of aromatic nitrogens is 2. The van der Waals surface area contributed by atoms with Gasteiger partial charge < -0.3 is 0 Å². The van der Waals surface area contributed by atoms with E-state index < -0.39 is 10.0 Å². The second-order valence-electron chi connectivity index (χ2n) is 5.45. The molecule has 0 aliphatic heterocycles. The predicted octanol–water partition coefficient (Wildman–Crippen LogP) is 2.36. The Morgan fingerprint density at radius 1 is 1.45 bits per heavy atom. The number of hydrogen-bond donors (Lipinski definition) is 1. The van der Waals surface area contributed by atoms with Crippen molar-refractivity contribution in [3.05, 3.63) is 46.5 Å². The first-order valence-electron chi connectivity index (χ1n) is 6.76. The number of hydrogen-bond acceptors (Lipinski definition) is 3. The third-order valence-corrected chi connectivity index (χ3v) is 5.93. The van der Waals surface area contributed by atoms with Gasteiger partial charge in [-0.15, -0.1) is 0 Å². The average molecular weight is 344 g/mol. The number of nitrogens with one attached hydrogen (secondary N) is 1. The highest BCUT2D eigenvalue weighted by Gasteiger charge is 2.42. The first-order chi connectivity index (χ1) is 10.3. The van der Waals surface area contributed by atoms with Gasteiger partial charge in [-0.25, -0.2) is 17.5 Å². The summed E-state index contributed by atoms with van der Waals surface area (Å²) in [5, 5.41) is 4.09. The predicted molar refractivity (Wildman–Crippen MR) is 80.8 cm³/mol. The number of aryl methyl sites for hydroxylation is 2. The quantitative estimate of drug-likeness (QED) is 0.926. The number of benzene rings is 1. The van der Waals surface area contributed by atoms with Gasteiger partial charge in [0.25, 0.3) is 0 Å². The molecule has 2 aromatic rings. The smallest absolute Gasteiger partial charge is 0.245 e. The molecular weight excluding hydrogens is 329 g/mol. The minimum Gasteiger partial charge on any atom is -0.255 e. The van der Waals surface area contributed by atoms with E-state index in [0.717, 1.165) is 5.56 Å². The lowest BCUT2D eigenvalue weighted by Gasteiger charge is -2.06. The summed E-state index contributed by atoms with van der Waals surface area (Å²) in [7, 11) is -2.16. The Bertz CT molecular complexity index is 835. The topological polar surface area (TPSA) is 64.0 Å². The zero-order valence-electron chi connectivity index (χ0n) is 12.0. The second-order valence-corrected chi connectivity index (χ2v) is 7.46. The van der Waals surface area contributed by atoms with Crippen LogP contribution in [0, 0.1) is 12.7 Å². The molecule has 1 aromatic heterocycles. The van der Waals surface area contributed by atoms with Gasteiger partial charge in [0.15, 0.2) is 0 Å². The maximum atomic E-state index is 13.2. The number of sulfonamides is 1.